The fraction of sp³-hybridized carbons (Fsp3) is 0.333. The number of amides is 1. The van der Waals surface area contributed by atoms with E-state index in [9.17, 15) is 9.59 Å². The lowest BCUT2D eigenvalue weighted by Crippen LogP contribution is -2.15. The van der Waals surface area contributed by atoms with Gasteiger partial charge in [0.2, 0.25) is 11.8 Å². The molecule has 0 radical (unpaired) electrons. The Kier molecular flexibility index (Phi) is 6.90. The van der Waals surface area contributed by atoms with Crippen molar-refractivity contribution in [3.63, 3.8) is 0 Å². The molecule has 0 fully saturated rings. The number of aromatic nitrogens is 2. The first-order valence-electron chi connectivity index (χ1n) is 8.30. The number of nitrogens with zero attached hydrogens (tertiary/aromatic N) is 2. The first-order chi connectivity index (χ1) is 12.5. The van der Waals surface area contributed by atoms with Crippen LogP contribution in [0.5, 0.6) is 5.88 Å². The van der Waals surface area contributed by atoms with Crippen molar-refractivity contribution in [3.8, 4) is 5.88 Å². The van der Waals surface area contributed by atoms with E-state index in [2.05, 4.69) is 20.6 Å². The lowest BCUT2D eigenvalue weighted by atomic mass is 10.1. The van der Waals surface area contributed by atoms with Crippen LogP contribution >= 0.6 is 0 Å². The minimum atomic E-state index is -0.970. The fourth-order valence-electron chi connectivity index (χ4n) is 2.26. The summed E-state index contributed by atoms with van der Waals surface area (Å²) in [4.78, 5) is 31.2. The molecule has 2 aromatic rings. The van der Waals surface area contributed by atoms with Crippen molar-refractivity contribution in [3.05, 3.63) is 41.7 Å². The predicted octanol–water partition coefficient (Wildman–Crippen LogP) is 2.92. The number of carbonyl (C=O) groups excluding carboxylic acids is 1. The highest BCUT2D eigenvalue weighted by atomic mass is 16.5. The molecular formula is C18H22N4O4. The summed E-state index contributed by atoms with van der Waals surface area (Å²) in [6.45, 7) is 2.42. The second kappa shape index (κ2) is 9.36. The number of ether oxygens (including phenoxy) is 1. The number of hydrogen-bond acceptors (Lipinski definition) is 6. The molecule has 26 heavy (non-hydrogen) atoms. The molecule has 0 saturated heterocycles. The van der Waals surface area contributed by atoms with Gasteiger partial charge < -0.3 is 20.5 Å². The number of unbranched alkanes of at least 4 members (excludes halogenated alkanes) is 1. The van der Waals surface area contributed by atoms with Gasteiger partial charge in [-0.3, -0.25) is 4.79 Å². The fourth-order valence-corrected chi connectivity index (χ4v) is 2.26. The van der Waals surface area contributed by atoms with Crippen LogP contribution in [0, 0.1) is 0 Å². The van der Waals surface area contributed by atoms with E-state index >= 15 is 0 Å². The number of methoxy groups -OCH3 is 1. The molecule has 8 heteroatoms. The maximum absolute atomic E-state index is 12.1. The van der Waals surface area contributed by atoms with Gasteiger partial charge in [0.15, 0.2) is 5.82 Å². The van der Waals surface area contributed by atoms with Gasteiger partial charge in [0.1, 0.15) is 12.0 Å². The Bertz CT molecular complexity index is 762. The molecule has 2 rings (SSSR count). The first-order valence-corrected chi connectivity index (χ1v) is 8.30. The zero-order chi connectivity index (χ0) is 18.9. The lowest BCUT2D eigenvalue weighted by Gasteiger charge is -2.14. The third kappa shape index (κ3) is 5.17. The van der Waals surface area contributed by atoms with Crippen LogP contribution in [0.1, 0.15) is 42.1 Å². The largest absolute Gasteiger partial charge is 0.479 e. The summed E-state index contributed by atoms with van der Waals surface area (Å²) in [6, 6.07) is 6.50. The van der Waals surface area contributed by atoms with Gasteiger partial charge in [-0.05, 0) is 24.1 Å². The molecule has 8 nitrogen and oxygen atoms in total. The van der Waals surface area contributed by atoms with Gasteiger partial charge in [-0.2, -0.15) is 4.98 Å². The van der Waals surface area contributed by atoms with E-state index in [4.69, 9.17) is 9.84 Å². The van der Waals surface area contributed by atoms with Gasteiger partial charge in [-0.15, -0.1) is 0 Å². The Balaban J connectivity index is 2.12. The topological polar surface area (TPSA) is 113 Å². The van der Waals surface area contributed by atoms with E-state index in [0.29, 0.717) is 24.5 Å². The maximum Gasteiger partial charge on any atom is 0.335 e. The van der Waals surface area contributed by atoms with E-state index in [1.54, 1.807) is 12.1 Å². The molecule has 0 unspecified atom stereocenters. The van der Waals surface area contributed by atoms with Crippen molar-refractivity contribution in [1.82, 2.24) is 9.97 Å². The van der Waals surface area contributed by atoms with Crippen LogP contribution in [0.3, 0.4) is 0 Å². The molecule has 0 aliphatic rings. The Morgan fingerprint density at radius 2 is 1.92 bits per heavy atom. The number of carbonyl (C=O) groups is 2. The molecule has 1 amide bonds. The number of aromatic carboxylic acids is 1. The van der Waals surface area contributed by atoms with Crippen molar-refractivity contribution < 1.29 is 19.4 Å². The number of rotatable bonds is 9. The highest BCUT2D eigenvalue weighted by molar-refractivity contribution is 5.95. The van der Waals surface area contributed by atoms with Crippen LogP contribution in [-0.2, 0) is 11.3 Å². The van der Waals surface area contributed by atoms with Crippen LogP contribution < -0.4 is 15.4 Å². The molecule has 1 aromatic carbocycles. The third-order valence-corrected chi connectivity index (χ3v) is 3.69. The van der Waals surface area contributed by atoms with Gasteiger partial charge in [-0.25, -0.2) is 9.78 Å². The average Bonchev–Trinajstić information content (AvgIpc) is 2.65. The standard InChI is InChI=1S/C18H22N4O4/c1-3-4-5-14(23)22-15-16(20-11-21-17(15)26-2)19-10-12-6-8-13(9-7-12)18(24)25/h6-9,11H,3-5,10H2,1-2H3,(H,22,23)(H,24,25)(H,19,20,21). The summed E-state index contributed by atoms with van der Waals surface area (Å²) < 4.78 is 5.21. The number of benzene rings is 1. The molecule has 0 aliphatic heterocycles. The Hall–Kier alpha value is -3.16. The van der Waals surface area contributed by atoms with E-state index < -0.39 is 5.97 Å². The minimum absolute atomic E-state index is 0.131. The third-order valence-electron chi connectivity index (χ3n) is 3.69. The summed E-state index contributed by atoms with van der Waals surface area (Å²) >= 11 is 0. The number of nitrogens with one attached hydrogen (secondary N) is 2. The molecule has 3 N–H and O–H groups in total. The second-order valence-corrected chi connectivity index (χ2v) is 5.61. The van der Waals surface area contributed by atoms with Crippen LogP contribution in [0.4, 0.5) is 11.5 Å². The van der Waals surface area contributed by atoms with Crippen LogP contribution in [0.2, 0.25) is 0 Å². The van der Waals surface area contributed by atoms with Crippen molar-refractivity contribution in [1.29, 1.82) is 0 Å². The molecule has 0 aliphatic carbocycles. The van der Waals surface area contributed by atoms with E-state index in [0.717, 1.165) is 18.4 Å². The van der Waals surface area contributed by atoms with Crippen LogP contribution in [0.25, 0.3) is 0 Å². The van der Waals surface area contributed by atoms with Gasteiger partial charge in [0.25, 0.3) is 0 Å². The normalized spacial score (nSPS) is 10.2. The highest BCUT2D eigenvalue weighted by Gasteiger charge is 2.15. The highest BCUT2D eigenvalue weighted by Crippen LogP contribution is 2.28. The van der Waals surface area contributed by atoms with E-state index in [1.165, 1.54) is 25.6 Å². The summed E-state index contributed by atoms with van der Waals surface area (Å²) in [5.74, 6) is -0.395. The zero-order valence-corrected chi connectivity index (χ0v) is 14.8. The predicted molar refractivity (Wildman–Crippen MR) is 97.5 cm³/mol. The number of hydrogen-bond donors (Lipinski definition) is 3. The Labute approximate surface area is 151 Å². The first kappa shape index (κ1) is 19.2. The van der Waals surface area contributed by atoms with Crippen molar-refractivity contribution in [2.75, 3.05) is 17.7 Å². The molecule has 138 valence electrons. The smallest absolute Gasteiger partial charge is 0.335 e. The minimum Gasteiger partial charge on any atom is -0.479 e. The molecule has 0 bridgehead atoms. The second-order valence-electron chi connectivity index (χ2n) is 5.61. The van der Waals surface area contributed by atoms with Gasteiger partial charge in [0.05, 0.1) is 12.7 Å². The molecular weight excluding hydrogens is 336 g/mol. The molecule has 0 spiro atoms. The van der Waals surface area contributed by atoms with E-state index in [1.807, 2.05) is 6.92 Å². The Morgan fingerprint density at radius 3 is 2.54 bits per heavy atom. The molecule has 0 atom stereocenters. The summed E-state index contributed by atoms with van der Waals surface area (Å²) in [7, 11) is 1.47. The molecule has 1 aromatic heterocycles. The quantitative estimate of drug-likeness (QED) is 0.631. The van der Waals surface area contributed by atoms with Gasteiger partial charge >= 0.3 is 5.97 Å². The maximum atomic E-state index is 12.1. The monoisotopic (exact) mass is 358 g/mol. The SMILES string of the molecule is CCCCC(=O)Nc1c(NCc2ccc(C(=O)O)cc2)ncnc1OC. The van der Waals surface area contributed by atoms with Crippen molar-refractivity contribution in [2.45, 2.75) is 32.7 Å². The van der Waals surface area contributed by atoms with E-state index in [-0.39, 0.29) is 17.4 Å². The average molecular weight is 358 g/mol. The Morgan fingerprint density at radius 1 is 1.19 bits per heavy atom. The summed E-state index contributed by atoms with van der Waals surface area (Å²) in [5, 5.41) is 14.9. The lowest BCUT2D eigenvalue weighted by molar-refractivity contribution is -0.116. The van der Waals surface area contributed by atoms with Crippen molar-refractivity contribution >= 4 is 23.4 Å². The zero-order valence-electron chi connectivity index (χ0n) is 14.8. The number of carboxylic acids is 1. The van der Waals surface area contributed by atoms with Gasteiger partial charge in [0, 0.05) is 13.0 Å². The summed E-state index contributed by atoms with van der Waals surface area (Å²) in [6.07, 6.45) is 3.47. The number of anilines is 2. The van der Waals surface area contributed by atoms with Gasteiger partial charge in [-0.1, -0.05) is 25.5 Å². The van der Waals surface area contributed by atoms with Crippen molar-refractivity contribution in [2.24, 2.45) is 0 Å². The van der Waals surface area contributed by atoms with Crippen LogP contribution in [-0.4, -0.2) is 34.1 Å². The number of carboxylic acid groups (broad SMARTS) is 1. The van der Waals surface area contributed by atoms with Crippen LogP contribution in [0.15, 0.2) is 30.6 Å². The summed E-state index contributed by atoms with van der Waals surface area (Å²) in [5.41, 5.74) is 1.48. The molecule has 0 saturated carbocycles. The molecule has 1 heterocycles.